The van der Waals surface area contributed by atoms with Gasteiger partial charge in [-0.1, -0.05) is 0 Å². The summed E-state index contributed by atoms with van der Waals surface area (Å²) >= 11 is 3.10. The van der Waals surface area contributed by atoms with E-state index in [0.29, 0.717) is 16.8 Å². The van der Waals surface area contributed by atoms with E-state index in [1.54, 1.807) is 6.07 Å². The number of fused-ring (bicyclic) bond motifs is 1. The standard InChI is InChI=1S/C9H9BrFNO/c10-6-4-9-5(3-7(6)11)8(12)1-2-13-9/h3-4,8H,1-2,12H2/t8-/m1/s1. The third-order valence-corrected chi connectivity index (χ3v) is 2.75. The van der Waals surface area contributed by atoms with Gasteiger partial charge in [-0.15, -0.1) is 0 Å². The van der Waals surface area contributed by atoms with E-state index in [0.717, 1.165) is 12.0 Å². The highest BCUT2D eigenvalue weighted by Gasteiger charge is 2.19. The summed E-state index contributed by atoms with van der Waals surface area (Å²) < 4.78 is 18.9. The molecule has 0 fully saturated rings. The van der Waals surface area contributed by atoms with Gasteiger partial charge in [0.25, 0.3) is 0 Å². The van der Waals surface area contributed by atoms with Crippen LogP contribution < -0.4 is 10.5 Å². The molecule has 70 valence electrons. The highest BCUT2D eigenvalue weighted by atomic mass is 79.9. The van der Waals surface area contributed by atoms with Gasteiger partial charge >= 0.3 is 0 Å². The third kappa shape index (κ3) is 1.56. The topological polar surface area (TPSA) is 35.2 Å². The SMILES string of the molecule is N[C@@H]1CCOc2cc(Br)c(F)cc21. The maximum atomic E-state index is 13.1. The Morgan fingerprint density at radius 3 is 3.08 bits per heavy atom. The summed E-state index contributed by atoms with van der Waals surface area (Å²) in [5.74, 6) is 0.395. The molecule has 2 N–H and O–H groups in total. The number of halogens is 2. The van der Waals surface area contributed by atoms with E-state index < -0.39 is 0 Å². The molecule has 0 amide bonds. The van der Waals surface area contributed by atoms with Crippen molar-refractivity contribution in [1.82, 2.24) is 0 Å². The summed E-state index contributed by atoms with van der Waals surface area (Å²) in [6.45, 7) is 0.603. The molecule has 0 aromatic heterocycles. The second-order valence-corrected chi connectivity index (χ2v) is 3.90. The second kappa shape index (κ2) is 3.27. The Morgan fingerprint density at radius 1 is 1.54 bits per heavy atom. The lowest BCUT2D eigenvalue weighted by Gasteiger charge is -2.23. The van der Waals surface area contributed by atoms with E-state index in [2.05, 4.69) is 15.9 Å². The molecule has 0 unspecified atom stereocenters. The Balaban J connectivity index is 2.52. The minimum atomic E-state index is -0.292. The van der Waals surface area contributed by atoms with Crippen molar-refractivity contribution < 1.29 is 9.13 Å². The summed E-state index contributed by atoms with van der Waals surface area (Å²) in [5, 5.41) is 0. The van der Waals surface area contributed by atoms with Crippen LogP contribution in [0, 0.1) is 5.82 Å². The quantitative estimate of drug-likeness (QED) is 0.762. The molecule has 13 heavy (non-hydrogen) atoms. The molecule has 1 atom stereocenters. The van der Waals surface area contributed by atoms with E-state index in [1.807, 2.05) is 0 Å². The number of hydrogen-bond acceptors (Lipinski definition) is 2. The van der Waals surface area contributed by atoms with Crippen LogP contribution in [0.5, 0.6) is 5.75 Å². The number of benzene rings is 1. The van der Waals surface area contributed by atoms with Crippen LogP contribution in [0.2, 0.25) is 0 Å². The van der Waals surface area contributed by atoms with Gasteiger partial charge < -0.3 is 10.5 Å². The molecule has 2 nitrogen and oxygen atoms in total. The molecule has 0 aliphatic carbocycles. The molecule has 4 heteroatoms. The second-order valence-electron chi connectivity index (χ2n) is 3.05. The molecule has 1 aliphatic rings. The summed E-state index contributed by atoms with van der Waals surface area (Å²) in [6.07, 6.45) is 0.744. The smallest absolute Gasteiger partial charge is 0.137 e. The van der Waals surface area contributed by atoms with E-state index in [4.69, 9.17) is 10.5 Å². The lowest BCUT2D eigenvalue weighted by atomic mass is 10.0. The zero-order valence-corrected chi connectivity index (χ0v) is 8.47. The normalized spacial score (nSPS) is 20.7. The molecule has 2 rings (SSSR count). The molecule has 1 heterocycles. The van der Waals surface area contributed by atoms with Crippen molar-refractivity contribution in [2.24, 2.45) is 5.73 Å². The summed E-state index contributed by atoms with van der Waals surface area (Å²) in [5.41, 5.74) is 6.56. The van der Waals surface area contributed by atoms with E-state index in [9.17, 15) is 4.39 Å². The fourth-order valence-corrected chi connectivity index (χ4v) is 1.73. The fourth-order valence-electron chi connectivity index (χ4n) is 1.41. The molecule has 0 radical (unpaired) electrons. The Morgan fingerprint density at radius 2 is 2.31 bits per heavy atom. The van der Waals surface area contributed by atoms with Crippen molar-refractivity contribution in [2.45, 2.75) is 12.5 Å². The first-order chi connectivity index (χ1) is 6.18. The predicted octanol–water partition coefficient (Wildman–Crippen LogP) is 2.37. The highest BCUT2D eigenvalue weighted by molar-refractivity contribution is 9.10. The van der Waals surface area contributed by atoms with Crippen LogP contribution in [0.1, 0.15) is 18.0 Å². The number of nitrogens with two attached hydrogens (primary N) is 1. The van der Waals surface area contributed by atoms with Crippen LogP contribution in [0.3, 0.4) is 0 Å². The lowest BCUT2D eigenvalue weighted by molar-refractivity contribution is 0.268. The van der Waals surface area contributed by atoms with Crippen molar-refractivity contribution in [1.29, 1.82) is 0 Å². The van der Waals surface area contributed by atoms with Crippen molar-refractivity contribution in [2.75, 3.05) is 6.61 Å². The summed E-state index contributed by atoms with van der Waals surface area (Å²) in [4.78, 5) is 0. The molecule has 0 spiro atoms. The lowest BCUT2D eigenvalue weighted by Crippen LogP contribution is -2.20. The molecule has 1 aromatic rings. The zero-order chi connectivity index (χ0) is 9.42. The van der Waals surface area contributed by atoms with Gasteiger partial charge in [0, 0.05) is 18.0 Å². The van der Waals surface area contributed by atoms with Crippen molar-refractivity contribution in [3.63, 3.8) is 0 Å². The Bertz CT molecular complexity index is 343. The largest absolute Gasteiger partial charge is 0.493 e. The monoisotopic (exact) mass is 245 g/mol. The molecule has 1 aromatic carbocycles. The maximum absolute atomic E-state index is 13.1. The Kier molecular flexibility index (Phi) is 2.26. The fraction of sp³-hybridized carbons (Fsp3) is 0.333. The number of rotatable bonds is 0. The Hall–Kier alpha value is -0.610. The predicted molar refractivity (Wildman–Crippen MR) is 51.1 cm³/mol. The van der Waals surface area contributed by atoms with Crippen molar-refractivity contribution in [3.05, 3.63) is 28.0 Å². The van der Waals surface area contributed by atoms with Gasteiger partial charge in [0.2, 0.25) is 0 Å². The van der Waals surface area contributed by atoms with Crippen LogP contribution in [0.25, 0.3) is 0 Å². The van der Waals surface area contributed by atoms with Crippen LogP contribution in [-0.2, 0) is 0 Å². The average molecular weight is 246 g/mol. The molecule has 0 bridgehead atoms. The van der Waals surface area contributed by atoms with Crippen LogP contribution in [0.15, 0.2) is 16.6 Å². The van der Waals surface area contributed by atoms with Crippen LogP contribution >= 0.6 is 15.9 Å². The number of hydrogen-bond donors (Lipinski definition) is 1. The summed E-state index contributed by atoms with van der Waals surface area (Å²) in [7, 11) is 0. The molecular formula is C9H9BrFNO. The van der Waals surface area contributed by atoms with Gasteiger partial charge in [-0.2, -0.15) is 0 Å². The average Bonchev–Trinajstić information content (AvgIpc) is 2.09. The van der Waals surface area contributed by atoms with Gasteiger partial charge in [-0.25, -0.2) is 4.39 Å². The highest BCUT2D eigenvalue weighted by Crippen LogP contribution is 2.34. The molecule has 0 saturated carbocycles. The maximum Gasteiger partial charge on any atom is 0.137 e. The third-order valence-electron chi connectivity index (χ3n) is 2.14. The van der Waals surface area contributed by atoms with Crippen molar-refractivity contribution in [3.8, 4) is 5.75 Å². The first-order valence-electron chi connectivity index (χ1n) is 4.06. The van der Waals surface area contributed by atoms with Gasteiger partial charge in [0.15, 0.2) is 0 Å². The first kappa shape index (κ1) is 8.97. The number of ether oxygens (including phenoxy) is 1. The van der Waals surface area contributed by atoms with E-state index >= 15 is 0 Å². The summed E-state index contributed by atoms with van der Waals surface area (Å²) in [6, 6.07) is 2.96. The molecule has 0 saturated heterocycles. The molecule has 1 aliphatic heterocycles. The van der Waals surface area contributed by atoms with Crippen molar-refractivity contribution >= 4 is 15.9 Å². The van der Waals surface area contributed by atoms with Gasteiger partial charge in [-0.3, -0.25) is 0 Å². The molecular weight excluding hydrogens is 237 g/mol. The van der Waals surface area contributed by atoms with E-state index in [-0.39, 0.29) is 11.9 Å². The van der Waals surface area contributed by atoms with Crippen LogP contribution in [-0.4, -0.2) is 6.61 Å². The van der Waals surface area contributed by atoms with Gasteiger partial charge in [0.1, 0.15) is 11.6 Å². The minimum absolute atomic E-state index is 0.105. The van der Waals surface area contributed by atoms with Crippen LogP contribution in [0.4, 0.5) is 4.39 Å². The zero-order valence-electron chi connectivity index (χ0n) is 6.89. The van der Waals surface area contributed by atoms with Gasteiger partial charge in [0.05, 0.1) is 11.1 Å². The first-order valence-corrected chi connectivity index (χ1v) is 4.85. The minimum Gasteiger partial charge on any atom is -0.493 e. The van der Waals surface area contributed by atoms with Gasteiger partial charge in [-0.05, 0) is 28.1 Å². The Labute approximate surface area is 84.0 Å². The van der Waals surface area contributed by atoms with E-state index in [1.165, 1.54) is 6.07 Å².